The van der Waals surface area contributed by atoms with Crippen molar-refractivity contribution >= 4 is 0 Å². The second-order valence-corrected chi connectivity index (χ2v) is 8.83. The Morgan fingerprint density at radius 3 is 2.35 bits per heavy atom. The largest absolute Gasteiger partial charge is 0.468 e. The molecule has 1 fully saturated rings. The van der Waals surface area contributed by atoms with Crippen LogP contribution in [0.5, 0.6) is 0 Å². The van der Waals surface area contributed by atoms with Gasteiger partial charge in [0.15, 0.2) is 5.88 Å². The zero-order valence-electron chi connectivity index (χ0n) is 18.6. The van der Waals surface area contributed by atoms with Gasteiger partial charge in [-0.15, -0.1) is 5.10 Å². The van der Waals surface area contributed by atoms with Gasteiger partial charge in [0, 0.05) is 19.4 Å². The number of ether oxygens (including phenoxy) is 1. The molecule has 160 valence electrons. The highest BCUT2D eigenvalue weighted by Gasteiger charge is 2.44. The SMILES string of the molecule is C=C(C)CC1(c2ccccc2)CCN(C(C)(C)c2cn(-c3ccccc3)nn2)C(=C)O1. The molecule has 2 heterocycles. The Kier molecular flexibility index (Phi) is 5.44. The monoisotopic (exact) mass is 414 g/mol. The Morgan fingerprint density at radius 1 is 1.10 bits per heavy atom. The van der Waals surface area contributed by atoms with Crippen LogP contribution in [-0.2, 0) is 15.9 Å². The first-order valence-electron chi connectivity index (χ1n) is 10.7. The summed E-state index contributed by atoms with van der Waals surface area (Å²) in [6.07, 6.45) is 3.57. The van der Waals surface area contributed by atoms with Crippen LogP contribution in [0.25, 0.3) is 5.69 Å². The molecule has 0 N–H and O–H groups in total. The quantitative estimate of drug-likeness (QED) is 0.496. The number of aromatic nitrogens is 3. The van der Waals surface area contributed by atoms with E-state index >= 15 is 0 Å². The van der Waals surface area contributed by atoms with Crippen molar-refractivity contribution < 1.29 is 4.74 Å². The van der Waals surface area contributed by atoms with Crippen LogP contribution in [0.2, 0.25) is 0 Å². The lowest BCUT2D eigenvalue weighted by Crippen LogP contribution is -2.50. The van der Waals surface area contributed by atoms with Gasteiger partial charge in [0.1, 0.15) is 11.3 Å². The summed E-state index contributed by atoms with van der Waals surface area (Å²) in [6.45, 7) is 15.6. The predicted octanol–water partition coefficient (Wildman–Crippen LogP) is 5.56. The van der Waals surface area contributed by atoms with E-state index in [4.69, 9.17) is 4.74 Å². The van der Waals surface area contributed by atoms with Crippen molar-refractivity contribution in [1.82, 2.24) is 19.9 Å². The molecule has 0 saturated carbocycles. The molecule has 0 bridgehead atoms. The van der Waals surface area contributed by atoms with Crippen LogP contribution in [0.1, 0.15) is 44.9 Å². The van der Waals surface area contributed by atoms with Gasteiger partial charge in [-0.1, -0.05) is 65.9 Å². The van der Waals surface area contributed by atoms with Gasteiger partial charge in [-0.3, -0.25) is 0 Å². The maximum absolute atomic E-state index is 6.60. The van der Waals surface area contributed by atoms with Gasteiger partial charge in [-0.25, -0.2) is 4.68 Å². The van der Waals surface area contributed by atoms with Crippen molar-refractivity contribution in [2.24, 2.45) is 0 Å². The van der Waals surface area contributed by atoms with Gasteiger partial charge in [0.25, 0.3) is 0 Å². The molecule has 0 aliphatic carbocycles. The number of nitrogens with zero attached hydrogens (tertiary/aromatic N) is 4. The van der Waals surface area contributed by atoms with Crippen LogP contribution < -0.4 is 0 Å². The molecule has 1 aromatic heterocycles. The van der Waals surface area contributed by atoms with Crippen molar-refractivity contribution in [1.29, 1.82) is 0 Å². The second-order valence-electron chi connectivity index (χ2n) is 8.83. The lowest BCUT2D eigenvalue weighted by atomic mass is 9.82. The van der Waals surface area contributed by atoms with Crippen LogP contribution in [0.4, 0.5) is 0 Å². The van der Waals surface area contributed by atoms with E-state index in [1.54, 1.807) is 4.68 Å². The third kappa shape index (κ3) is 4.00. The zero-order chi connectivity index (χ0) is 22.1. The molecular weight excluding hydrogens is 384 g/mol. The van der Waals surface area contributed by atoms with E-state index in [2.05, 4.69) is 73.4 Å². The molecule has 1 aliphatic rings. The number of rotatable bonds is 6. The average molecular weight is 415 g/mol. The number of hydrogen-bond donors (Lipinski definition) is 0. The fourth-order valence-electron chi connectivity index (χ4n) is 4.39. The molecule has 1 aliphatic heterocycles. The zero-order valence-corrected chi connectivity index (χ0v) is 18.6. The number of hydrogen-bond acceptors (Lipinski definition) is 4. The lowest BCUT2D eigenvalue weighted by Gasteiger charge is -2.49. The summed E-state index contributed by atoms with van der Waals surface area (Å²) in [5.74, 6) is 0.649. The summed E-state index contributed by atoms with van der Waals surface area (Å²) in [4.78, 5) is 2.19. The summed E-state index contributed by atoms with van der Waals surface area (Å²) >= 11 is 0. The van der Waals surface area contributed by atoms with Crippen LogP contribution in [0.3, 0.4) is 0 Å². The minimum Gasteiger partial charge on any atom is -0.468 e. The predicted molar refractivity (Wildman–Crippen MR) is 123 cm³/mol. The normalized spacial score (nSPS) is 19.2. The van der Waals surface area contributed by atoms with Crippen LogP contribution >= 0.6 is 0 Å². The molecule has 1 atom stereocenters. The first kappa shape index (κ1) is 20.9. The average Bonchev–Trinajstić information content (AvgIpc) is 3.26. The highest BCUT2D eigenvalue weighted by molar-refractivity contribution is 5.31. The fourth-order valence-corrected chi connectivity index (χ4v) is 4.39. The maximum Gasteiger partial charge on any atom is 0.183 e. The summed E-state index contributed by atoms with van der Waals surface area (Å²) < 4.78 is 8.40. The highest BCUT2D eigenvalue weighted by atomic mass is 16.5. The summed E-state index contributed by atoms with van der Waals surface area (Å²) in [5, 5.41) is 8.82. The summed E-state index contributed by atoms with van der Waals surface area (Å²) in [6, 6.07) is 20.4. The van der Waals surface area contributed by atoms with Crippen molar-refractivity contribution in [3.8, 4) is 5.69 Å². The van der Waals surface area contributed by atoms with Crippen molar-refractivity contribution in [3.05, 3.63) is 103 Å². The van der Waals surface area contributed by atoms with Gasteiger partial charge < -0.3 is 9.64 Å². The number of para-hydroxylation sites is 1. The van der Waals surface area contributed by atoms with Crippen LogP contribution in [0, 0.1) is 0 Å². The standard InChI is InChI=1S/C26H30N4O/c1-20(2)18-26(22-12-8-6-9-13-22)16-17-29(21(3)31-26)25(4,5)24-19-30(28-27-24)23-14-10-7-11-15-23/h6-15,19H,1,3,16-18H2,2,4-5H3. The topological polar surface area (TPSA) is 43.2 Å². The molecule has 4 rings (SSSR count). The van der Waals surface area contributed by atoms with E-state index in [-0.39, 0.29) is 0 Å². The van der Waals surface area contributed by atoms with Crippen molar-refractivity contribution in [3.63, 3.8) is 0 Å². The van der Waals surface area contributed by atoms with E-state index in [1.165, 1.54) is 0 Å². The van der Waals surface area contributed by atoms with E-state index in [0.717, 1.165) is 41.9 Å². The van der Waals surface area contributed by atoms with Gasteiger partial charge in [0.05, 0.1) is 17.4 Å². The lowest BCUT2D eigenvalue weighted by molar-refractivity contribution is -0.111. The Morgan fingerprint density at radius 2 is 1.74 bits per heavy atom. The van der Waals surface area contributed by atoms with E-state index in [0.29, 0.717) is 5.88 Å². The minimum atomic E-state index is -0.446. The highest BCUT2D eigenvalue weighted by Crippen LogP contribution is 2.44. The molecule has 2 aromatic carbocycles. The molecular formula is C26H30N4O. The molecule has 1 unspecified atom stereocenters. The first-order valence-corrected chi connectivity index (χ1v) is 10.7. The minimum absolute atomic E-state index is 0.420. The third-order valence-corrected chi connectivity index (χ3v) is 6.06. The second kappa shape index (κ2) is 8.06. The Labute approximate surface area is 184 Å². The van der Waals surface area contributed by atoms with E-state index in [9.17, 15) is 0 Å². The molecule has 0 amide bonds. The smallest absolute Gasteiger partial charge is 0.183 e. The fraction of sp³-hybridized carbons (Fsp3) is 0.308. The Bertz CT molecular complexity index is 1070. The Balaban J connectivity index is 1.60. The maximum atomic E-state index is 6.60. The molecule has 1 saturated heterocycles. The van der Waals surface area contributed by atoms with Crippen molar-refractivity contribution in [2.45, 2.75) is 44.8 Å². The molecule has 0 radical (unpaired) electrons. The van der Waals surface area contributed by atoms with Gasteiger partial charge in [0.2, 0.25) is 0 Å². The molecule has 3 aromatic rings. The molecule has 5 heteroatoms. The summed E-state index contributed by atoms with van der Waals surface area (Å²) in [5.41, 5.74) is 3.24. The third-order valence-electron chi connectivity index (χ3n) is 6.06. The number of benzene rings is 2. The van der Waals surface area contributed by atoms with Gasteiger partial charge in [-0.2, -0.15) is 0 Å². The van der Waals surface area contributed by atoms with Gasteiger partial charge in [-0.05, 0) is 45.0 Å². The Hall–Kier alpha value is -3.34. The summed E-state index contributed by atoms with van der Waals surface area (Å²) in [7, 11) is 0. The van der Waals surface area contributed by atoms with Crippen LogP contribution in [0.15, 0.2) is 91.5 Å². The molecule has 5 nitrogen and oxygen atoms in total. The molecule has 0 spiro atoms. The molecule has 31 heavy (non-hydrogen) atoms. The van der Waals surface area contributed by atoms with E-state index < -0.39 is 11.1 Å². The van der Waals surface area contributed by atoms with Gasteiger partial charge >= 0.3 is 0 Å². The first-order chi connectivity index (χ1) is 14.8. The van der Waals surface area contributed by atoms with E-state index in [1.807, 2.05) is 42.6 Å². The van der Waals surface area contributed by atoms with Crippen LogP contribution in [-0.4, -0.2) is 26.4 Å². The van der Waals surface area contributed by atoms with Crippen molar-refractivity contribution in [2.75, 3.05) is 6.54 Å².